The van der Waals surface area contributed by atoms with Crippen molar-refractivity contribution in [2.45, 2.75) is 24.8 Å². The van der Waals surface area contributed by atoms with Crippen LogP contribution in [0, 0.1) is 0 Å². The van der Waals surface area contributed by atoms with Crippen molar-refractivity contribution in [2.75, 3.05) is 58.9 Å². The van der Waals surface area contributed by atoms with Gasteiger partial charge >= 0.3 is 5.97 Å². The number of carboxylic acid groups (broad SMARTS) is 1. The van der Waals surface area contributed by atoms with E-state index in [0.717, 1.165) is 44.8 Å². The van der Waals surface area contributed by atoms with Gasteiger partial charge in [0.15, 0.2) is 5.66 Å². The summed E-state index contributed by atoms with van der Waals surface area (Å²) < 4.78 is 6.16. The summed E-state index contributed by atoms with van der Waals surface area (Å²) in [5, 5.41) is 23.7. The van der Waals surface area contributed by atoms with Crippen LogP contribution in [0.5, 0.6) is 0 Å². The van der Waals surface area contributed by atoms with Crippen molar-refractivity contribution >= 4 is 5.97 Å². The van der Waals surface area contributed by atoms with Crippen LogP contribution >= 0.6 is 0 Å². The predicted octanol–water partition coefficient (Wildman–Crippen LogP) is -0.570. The molecule has 8 heteroatoms. The van der Waals surface area contributed by atoms with Crippen LogP contribution in [0.3, 0.4) is 0 Å². The minimum Gasteiger partial charge on any atom is -0.479 e. The highest BCUT2D eigenvalue weighted by Gasteiger charge is 2.54. The largest absolute Gasteiger partial charge is 0.479 e. The SMILES string of the molecule is O=C(O)[C@@]1(N2CCNCCNCCNCC2)NCCC1OCc1ccccc1. The Morgan fingerprint density at radius 1 is 1.00 bits per heavy atom. The molecule has 1 aromatic rings. The molecule has 2 aliphatic rings. The summed E-state index contributed by atoms with van der Waals surface area (Å²) >= 11 is 0. The standard InChI is InChI=1S/C20H33N5O3/c26-19(27)20(25-14-12-22-10-8-21-9-11-23-13-15-25)18(6-7-24-20)28-16-17-4-2-1-3-5-17/h1-5,18,21-24H,6-16H2,(H,26,27)/t18?,20-/m1/s1. The molecule has 2 saturated heterocycles. The van der Waals surface area contributed by atoms with Gasteiger partial charge in [0.1, 0.15) is 6.10 Å². The Kier molecular flexibility index (Phi) is 8.20. The number of benzene rings is 1. The number of nitrogens with one attached hydrogen (secondary N) is 4. The highest BCUT2D eigenvalue weighted by Crippen LogP contribution is 2.28. The smallest absolute Gasteiger partial charge is 0.341 e. The van der Waals surface area contributed by atoms with Gasteiger partial charge in [0.2, 0.25) is 0 Å². The van der Waals surface area contributed by atoms with Gasteiger partial charge in [-0.25, -0.2) is 4.79 Å². The van der Waals surface area contributed by atoms with E-state index in [9.17, 15) is 9.90 Å². The third-order valence-electron chi connectivity index (χ3n) is 5.46. The van der Waals surface area contributed by atoms with Crippen molar-refractivity contribution in [2.24, 2.45) is 0 Å². The van der Waals surface area contributed by atoms with E-state index < -0.39 is 17.7 Å². The zero-order chi connectivity index (χ0) is 19.7. The Morgan fingerprint density at radius 3 is 2.21 bits per heavy atom. The molecule has 0 amide bonds. The topological polar surface area (TPSA) is 97.9 Å². The molecule has 2 aliphatic heterocycles. The van der Waals surface area contributed by atoms with Crippen molar-refractivity contribution in [1.82, 2.24) is 26.2 Å². The van der Waals surface area contributed by atoms with Crippen molar-refractivity contribution in [1.29, 1.82) is 0 Å². The monoisotopic (exact) mass is 391 g/mol. The molecule has 2 atom stereocenters. The number of hydrogen-bond donors (Lipinski definition) is 5. The molecule has 28 heavy (non-hydrogen) atoms. The van der Waals surface area contributed by atoms with E-state index >= 15 is 0 Å². The van der Waals surface area contributed by atoms with Crippen LogP contribution in [0.4, 0.5) is 0 Å². The van der Waals surface area contributed by atoms with Crippen LogP contribution in [0.1, 0.15) is 12.0 Å². The van der Waals surface area contributed by atoms with Crippen LogP contribution in [0.2, 0.25) is 0 Å². The Hall–Kier alpha value is -1.55. The maximum absolute atomic E-state index is 12.5. The average Bonchev–Trinajstić information content (AvgIpc) is 3.12. The maximum atomic E-state index is 12.5. The summed E-state index contributed by atoms with van der Waals surface area (Å²) in [4.78, 5) is 14.5. The first-order chi connectivity index (χ1) is 13.7. The molecule has 0 aromatic heterocycles. The van der Waals surface area contributed by atoms with E-state index in [4.69, 9.17) is 4.74 Å². The number of ether oxygens (including phenoxy) is 1. The van der Waals surface area contributed by atoms with Crippen molar-refractivity contribution in [3.63, 3.8) is 0 Å². The molecule has 0 saturated carbocycles. The summed E-state index contributed by atoms with van der Waals surface area (Å²) in [6.07, 6.45) is 0.278. The molecule has 5 N–H and O–H groups in total. The average molecular weight is 392 g/mol. The molecule has 1 unspecified atom stereocenters. The Bertz CT molecular complexity index is 591. The van der Waals surface area contributed by atoms with Gasteiger partial charge in [-0.1, -0.05) is 30.3 Å². The lowest BCUT2D eigenvalue weighted by Crippen LogP contribution is -2.68. The number of aliphatic carboxylic acids is 1. The zero-order valence-corrected chi connectivity index (χ0v) is 16.5. The summed E-state index contributed by atoms with van der Waals surface area (Å²) in [5.41, 5.74) is -0.140. The molecule has 3 rings (SSSR count). The van der Waals surface area contributed by atoms with Gasteiger partial charge in [-0.15, -0.1) is 0 Å². The summed E-state index contributed by atoms with van der Waals surface area (Å²) in [5.74, 6) is -0.864. The molecule has 2 fully saturated rings. The van der Waals surface area contributed by atoms with E-state index in [1.807, 2.05) is 35.2 Å². The fourth-order valence-corrected chi connectivity index (χ4v) is 3.98. The van der Waals surface area contributed by atoms with Crippen LogP contribution in [0.15, 0.2) is 30.3 Å². The quantitative estimate of drug-likeness (QED) is 0.455. The third-order valence-corrected chi connectivity index (χ3v) is 5.46. The van der Waals surface area contributed by atoms with Gasteiger partial charge in [-0.05, 0) is 12.0 Å². The van der Waals surface area contributed by atoms with E-state index in [1.165, 1.54) is 0 Å². The summed E-state index contributed by atoms with van der Waals surface area (Å²) in [6, 6.07) is 9.91. The first-order valence-electron chi connectivity index (χ1n) is 10.2. The number of carboxylic acids is 1. The van der Waals surface area contributed by atoms with Crippen LogP contribution in [-0.2, 0) is 16.1 Å². The van der Waals surface area contributed by atoms with Gasteiger partial charge in [0, 0.05) is 58.9 Å². The van der Waals surface area contributed by atoms with Crippen LogP contribution in [-0.4, -0.2) is 86.6 Å². The molecular weight excluding hydrogens is 358 g/mol. The predicted molar refractivity (Wildman–Crippen MR) is 108 cm³/mol. The third kappa shape index (κ3) is 5.28. The van der Waals surface area contributed by atoms with E-state index in [0.29, 0.717) is 32.7 Å². The highest BCUT2D eigenvalue weighted by atomic mass is 16.5. The molecule has 0 radical (unpaired) electrons. The van der Waals surface area contributed by atoms with Crippen molar-refractivity contribution in [3.05, 3.63) is 35.9 Å². The van der Waals surface area contributed by atoms with E-state index in [1.54, 1.807) is 0 Å². The molecule has 2 heterocycles. The van der Waals surface area contributed by atoms with E-state index in [2.05, 4.69) is 21.3 Å². The second kappa shape index (κ2) is 10.8. The molecule has 8 nitrogen and oxygen atoms in total. The number of hydrogen-bond acceptors (Lipinski definition) is 7. The Morgan fingerprint density at radius 2 is 1.61 bits per heavy atom. The molecule has 0 spiro atoms. The van der Waals surface area contributed by atoms with Crippen molar-refractivity contribution in [3.8, 4) is 0 Å². The zero-order valence-electron chi connectivity index (χ0n) is 16.5. The minimum absolute atomic E-state index is 0.403. The van der Waals surface area contributed by atoms with Crippen LogP contribution in [0.25, 0.3) is 0 Å². The summed E-state index contributed by atoms with van der Waals surface area (Å²) in [7, 11) is 0. The molecular formula is C20H33N5O3. The van der Waals surface area contributed by atoms with Gasteiger partial charge in [0.25, 0.3) is 0 Å². The first-order valence-corrected chi connectivity index (χ1v) is 10.2. The second-order valence-electron chi connectivity index (χ2n) is 7.31. The number of nitrogens with zero attached hydrogens (tertiary/aromatic N) is 1. The van der Waals surface area contributed by atoms with Gasteiger partial charge in [-0.3, -0.25) is 10.2 Å². The number of rotatable bonds is 5. The van der Waals surface area contributed by atoms with Gasteiger partial charge in [-0.2, -0.15) is 0 Å². The van der Waals surface area contributed by atoms with Crippen LogP contribution < -0.4 is 21.3 Å². The summed E-state index contributed by atoms with van der Waals surface area (Å²) in [6.45, 7) is 7.38. The van der Waals surface area contributed by atoms with Gasteiger partial charge in [0.05, 0.1) is 6.61 Å². The fraction of sp³-hybridized carbons (Fsp3) is 0.650. The Balaban J connectivity index is 1.71. The lowest BCUT2D eigenvalue weighted by Gasteiger charge is -2.41. The Labute approximate surface area is 167 Å². The molecule has 1 aromatic carbocycles. The fourth-order valence-electron chi connectivity index (χ4n) is 3.98. The normalized spacial score (nSPS) is 28.4. The lowest BCUT2D eigenvalue weighted by molar-refractivity contribution is -0.165. The minimum atomic E-state index is -1.19. The molecule has 156 valence electrons. The molecule has 0 bridgehead atoms. The van der Waals surface area contributed by atoms with Gasteiger partial charge < -0.3 is 25.8 Å². The maximum Gasteiger partial charge on any atom is 0.341 e. The first kappa shape index (κ1) is 21.2. The van der Waals surface area contributed by atoms with E-state index in [-0.39, 0.29) is 0 Å². The van der Waals surface area contributed by atoms with Crippen molar-refractivity contribution < 1.29 is 14.6 Å². The number of carbonyl (C=O) groups is 1. The molecule has 0 aliphatic carbocycles. The lowest BCUT2D eigenvalue weighted by atomic mass is 10.0. The highest BCUT2D eigenvalue weighted by molar-refractivity contribution is 5.79. The second-order valence-corrected chi connectivity index (χ2v) is 7.31.